The number of nitrogens with zero attached hydrogens (tertiary/aromatic N) is 1. The van der Waals surface area contributed by atoms with Crippen LogP contribution in [0.4, 0.5) is 0 Å². The second kappa shape index (κ2) is 4.15. The van der Waals surface area contributed by atoms with Gasteiger partial charge in [-0.1, -0.05) is 30.3 Å². The molecular weight excluding hydrogens is 222 g/mol. The van der Waals surface area contributed by atoms with Gasteiger partial charge in [-0.15, -0.1) is 0 Å². The van der Waals surface area contributed by atoms with Gasteiger partial charge in [-0.2, -0.15) is 4.73 Å². The van der Waals surface area contributed by atoms with Crippen LogP contribution in [0.15, 0.2) is 60.7 Å². The van der Waals surface area contributed by atoms with Crippen LogP contribution in [0.3, 0.4) is 0 Å². The summed E-state index contributed by atoms with van der Waals surface area (Å²) in [6.07, 6.45) is 0. The molecule has 0 aliphatic rings. The van der Waals surface area contributed by atoms with Gasteiger partial charge >= 0.3 is 0 Å². The molecule has 0 amide bonds. The highest BCUT2D eigenvalue weighted by molar-refractivity contribution is 5.81. The summed E-state index contributed by atoms with van der Waals surface area (Å²) in [6.45, 7) is 2.04. The molecule has 0 radical (unpaired) electrons. The van der Waals surface area contributed by atoms with Gasteiger partial charge < -0.3 is 5.21 Å². The van der Waals surface area contributed by atoms with Crippen molar-refractivity contribution in [1.29, 1.82) is 0 Å². The van der Waals surface area contributed by atoms with Gasteiger partial charge in [0, 0.05) is 17.7 Å². The normalized spacial score (nSPS) is 10.7. The van der Waals surface area contributed by atoms with Crippen molar-refractivity contribution in [2.24, 2.45) is 0 Å². The number of para-hydroxylation sites is 1. The van der Waals surface area contributed by atoms with E-state index in [9.17, 15) is 5.21 Å². The molecule has 0 atom stereocenters. The van der Waals surface area contributed by atoms with Gasteiger partial charge in [0.1, 0.15) is 0 Å². The Morgan fingerprint density at radius 2 is 1.56 bits per heavy atom. The van der Waals surface area contributed by atoms with E-state index in [1.54, 1.807) is 0 Å². The van der Waals surface area contributed by atoms with Crippen molar-refractivity contribution in [2.45, 2.75) is 6.92 Å². The number of pyridine rings is 1. The molecule has 0 spiro atoms. The molecule has 0 unspecified atom stereocenters. The molecular formula is C16H13NO. The molecule has 1 aromatic heterocycles. The number of aryl methyl sites for hydroxylation is 1. The molecule has 88 valence electrons. The van der Waals surface area contributed by atoms with Crippen LogP contribution in [0.25, 0.3) is 22.2 Å². The maximum Gasteiger partial charge on any atom is 0.224 e. The van der Waals surface area contributed by atoms with E-state index in [0.29, 0.717) is 5.69 Å². The Hall–Kier alpha value is -2.35. The summed E-state index contributed by atoms with van der Waals surface area (Å²) in [4.78, 5) is 0. The molecule has 0 saturated carbocycles. The van der Waals surface area contributed by atoms with E-state index in [-0.39, 0.29) is 0 Å². The van der Waals surface area contributed by atoms with Crippen LogP contribution in [-0.4, -0.2) is 0 Å². The lowest BCUT2D eigenvalue weighted by molar-refractivity contribution is -0.565. The third-order valence-electron chi connectivity index (χ3n) is 3.19. The van der Waals surface area contributed by atoms with Crippen molar-refractivity contribution < 1.29 is 4.73 Å². The lowest BCUT2D eigenvalue weighted by Crippen LogP contribution is -2.30. The molecule has 2 aromatic carbocycles. The molecule has 0 bridgehead atoms. The zero-order chi connectivity index (χ0) is 12.5. The smallest absolute Gasteiger partial charge is 0.224 e. The van der Waals surface area contributed by atoms with E-state index >= 15 is 0 Å². The summed E-state index contributed by atoms with van der Waals surface area (Å²) in [7, 11) is 0. The quantitative estimate of drug-likeness (QED) is 0.469. The number of hydrogen-bond acceptors (Lipinski definition) is 1. The van der Waals surface area contributed by atoms with Crippen molar-refractivity contribution in [1.82, 2.24) is 0 Å². The van der Waals surface area contributed by atoms with Gasteiger partial charge in [0.05, 0.1) is 5.39 Å². The Morgan fingerprint density at radius 1 is 0.889 bits per heavy atom. The summed E-state index contributed by atoms with van der Waals surface area (Å²) in [5.74, 6) is 0. The highest BCUT2D eigenvalue weighted by Gasteiger charge is 2.14. The first-order valence-electron chi connectivity index (χ1n) is 5.95. The molecule has 0 fully saturated rings. The highest BCUT2D eigenvalue weighted by atomic mass is 16.5. The fraction of sp³-hybridized carbons (Fsp3) is 0.0625. The number of rotatable bonds is 1. The van der Waals surface area contributed by atoms with E-state index in [4.69, 9.17) is 0 Å². The Labute approximate surface area is 106 Å². The first kappa shape index (κ1) is 10.8. The van der Waals surface area contributed by atoms with Gasteiger partial charge in [0.15, 0.2) is 0 Å². The number of benzene rings is 2. The van der Waals surface area contributed by atoms with E-state index in [1.165, 1.54) is 0 Å². The first-order valence-corrected chi connectivity index (χ1v) is 5.95. The molecule has 0 aliphatic heterocycles. The van der Waals surface area contributed by atoms with E-state index < -0.39 is 0 Å². The molecule has 0 saturated heterocycles. The van der Waals surface area contributed by atoms with Gasteiger partial charge in [0.2, 0.25) is 11.2 Å². The molecule has 2 nitrogen and oxygen atoms in total. The lowest BCUT2D eigenvalue weighted by atomic mass is 10.1. The summed E-state index contributed by atoms with van der Waals surface area (Å²) in [6, 6.07) is 19.4. The third-order valence-corrected chi connectivity index (χ3v) is 3.19. The Balaban J connectivity index is 2.35. The minimum atomic E-state index is 0.701. The molecule has 3 rings (SSSR count). The standard InChI is InChI=1S/C16H13NO/c1-12-11-16(13-7-3-2-4-8-13)17(18)15-10-6-5-9-14(12)15/h2-11H,1H3. The molecule has 3 aromatic rings. The second-order valence-electron chi connectivity index (χ2n) is 4.39. The summed E-state index contributed by atoms with van der Waals surface area (Å²) < 4.78 is 1.01. The van der Waals surface area contributed by atoms with E-state index in [2.05, 4.69) is 0 Å². The van der Waals surface area contributed by atoms with Gasteiger partial charge in [-0.25, -0.2) is 0 Å². The van der Waals surface area contributed by atoms with Crippen LogP contribution in [0.2, 0.25) is 0 Å². The SMILES string of the molecule is Cc1cc(-c2ccccc2)[n+]([O-])c2ccccc12. The number of hydrogen-bond donors (Lipinski definition) is 0. The largest absolute Gasteiger partial charge is 0.618 e. The molecule has 0 N–H and O–H groups in total. The number of fused-ring (bicyclic) bond motifs is 1. The van der Waals surface area contributed by atoms with Crippen LogP contribution in [0.5, 0.6) is 0 Å². The third kappa shape index (κ3) is 1.63. The fourth-order valence-electron chi connectivity index (χ4n) is 2.26. The summed E-state index contributed by atoms with van der Waals surface area (Å²) >= 11 is 0. The predicted molar refractivity (Wildman–Crippen MR) is 73.1 cm³/mol. The minimum absolute atomic E-state index is 0.701. The lowest BCUT2D eigenvalue weighted by Gasteiger charge is -2.09. The van der Waals surface area contributed by atoms with Crippen LogP contribution in [0, 0.1) is 12.1 Å². The van der Waals surface area contributed by atoms with E-state index in [0.717, 1.165) is 26.8 Å². The van der Waals surface area contributed by atoms with Crippen molar-refractivity contribution >= 4 is 10.9 Å². The molecule has 1 heterocycles. The highest BCUT2D eigenvalue weighted by Crippen LogP contribution is 2.22. The summed E-state index contributed by atoms with van der Waals surface area (Å²) in [5.41, 5.74) is 3.49. The Bertz CT molecular complexity index is 705. The predicted octanol–water partition coefficient (Wildman–Crippen LogP) is 3.45. The van der Waals surface area contributed by atoms with Gasteiger partial charge in [-0.3, -0.25) is 0 Å². The second-order valence-corrected chi connectivity index (χ2v) is 4.39. The number of aromatic nitrogens is 1. The van der Waals surface area contributed by atoms with Crippen molar-refractivity contribution in [3.8, 4) is 11.3 Å². The topological polar surface area (TPSA) is 26.9 Å². The molecule has 2 heteroatoms. The van der Waals surface area contributed by atoms with Crippen molar-refractivity contribution in [3.05, 3.63) is 71.4 Å². The van der Waals surface area contributed by atoms with Crippen LogP contribution in [-0.2, 0) is 0 Å². The van der Waals surface area contributed by atoms with Crippen LogP contribution in [0.1, 0.15) is 5.56 Å². The van der Waals surface area contributed by atoms with Crippen molar-refractivity contribution in [2.75, 3.05) is 0 Å². The van der Waals surface area contributed by atoms with Crippen LogP contribution < -0.4 is 4.73 Å². The molecule has 18 heavy (non-hydrogen) atoms. The first-order chi connectivity index (χ1) is 8.77. The fourth-order valence-corrected chi connectivity index (χ4v) is 2.26. The van der Waals surface area contributed by atoms with Gasteiger partial charge in [-0.05, 0) is 30.7 Å². The zero-order valence-electron chi connectivity index (χ0n) is 10.1. The van der Waals surface area contributed by atoms with Crippen LogP contribution >= 0.6 is 0 Å². The Kier molecular flexibility index (Phi) is 2.49. The van der Waals surface area contributed by atoms with Gasteiger partial charge in [0.25, 0.3) is 0 Å². The minimum Gasteiger partial charge on any atom is -0.618 e. The maximum absolute atomic E-state index is 12.4. The zero-order valence-corrected chi connectivity index (χ0v) is 10.1. The maximum atomic E-state index is 12.4. The van der Waals surface area contributed by atoms with Crippen molar-refractivity contribution in [3.63, 3.8) is 0 Å². The summed E-state index contributed by atoms with van der Waals surface area (Å²) in [5, 5.41) is 13.4. The monoisotopic (exact) mass is 235 g/mol. The molecule has 0 aliphatic carbocycles. The average molecular weight is 235 g/mol. The Morgan fingerprint density at radius 3 is 2.33 bits per heavy atom. The average Bonchev–Trinajstić information content (AvgIpc) is 2.44. The van der Waals surface area contributed by atoms with E-state index in [1.807, 2.05) is 67.6 Å².